The molecule has 2 aromatic carbocycles. The first-order valence-electron chi connectivity index (χ1n) is 10.1. The van der Waals surface area contributed by atoms with Crippen LogP contribution in [0.1, 0.15) is 33.3 Å². The van der Waals surface area contributed by atoms with E-state index in [-0.39, 0.29) is 23.9 Å². The van der Waals surface area contributed by atoms with Gasteiger partial charge in [0, 0.05) is 11.7 Å². The number of benzene rings is 2. The van der Waals surface area contributed by atoms with E-state index in [0.29, 0.717) is 9.71 Å². The van der Waals surface area contributed by atoms with Crippen molar-refractivity contribution in [3.05, 3.63) is 81.4 Å². The summed E-state index contributed by atoms with van der Waals surface area (Å²) in [4.78, 5) is 25.3. The fraction of sp³-hybridized carbons (Fsp3) is 0.208. The number of fused-ring (bicyclic) bond motifs is 2. The predicted octanol–water partition coefficient (Wildman–Crippen LogP) is 6.09. The Hall–Kier alpha value is -2.96. The summed E-state index contributed by atoms with van der Waals surface area (Å²) in [6.45, 7) is 4.31. The van der Waals surface area contributed by atoms with Crippen molar-refractivity contribution >= 4 is 50.6 Å². The molecular formula is C24H20ClN3O2S. The molecule has 1 atom stereocenters. The van der Waals surface area contributed by atoms with Crippen LogP contribution in [0, 0.1) is 6.92 Å². The summed E-state index contributed by atoms with van der Waals surface area (Å²) in [6, 6.07) is 18.2. The van der Waals surface area contributed by atoms with E-state index in [4.69, 9.17) is 16.3 Å². The van der Waals surface area contributed by atoms with Crippen LogP contribution < -0.4 is 4.90 Å². The quantitative estimate of drug-likeness (QED) is 0.278. The monoisotopic (exact) mass is 449 g/mol. The molecule has 5 nitrogen and oxygen atoms in total. The first-order chi connectivity index (χ1) is 15.0. The number of thiophene rings is 1. The summed E-state index contributed by atoms with van der Waals surface area (Å²) >= 11 is 7.60. The van der Waals surface area contributed by atoms with E-state index in [1.165, 1.54) is 16.9 Å². The lowest BCUT2D eigenvalue weighted by atomic mass is 10.1. The van der Waals surface area contributed by atoms with Crippen molar-refractivity contribution in [2.45, 2.75) is 32.9 Å². The van der Waals surface area contributed by atoms with Gasteiger partial charge in [-0.1, -0.05) is 48.5 Å². The molecule has 0 saturated carbocycles. The van der Waals surface area contributed by atoms with Crippen LogP contribution in [0.4, 0.5) is 11.5 Å². The lowest BCUT2D eigenvalue weighted by Crippen LogP contribution is -2.25. The molecule has 1 aliphatic heterocycles. The minimum absolute atomic E-state index is 0.171. The molecule has 7 heteroatoms. The maximum Gasteiger partial charge on any atom is 0.349 e. The Kier molecular flexibility index (Phi) is 5.12. The van der Waals surface area contributed by atoms with Gasteiger partial charge in [-0.15, -0.1) is 11.3 Å². The Morgan fingerprint density at radius 2 is 1.90 bits per heavy atom. The Balaban J connectivity index is 1.55. The molecule has 1 aliphatic rings. The molecule has 3 heterocycles. The van der Waals surface area contributed by atoms with Crippen molar-refractivity contribution in [3.8, 4) is 0 Å². The molecule has 1 unspecified atom stereocenters. The summed E-state index contributed by atoms with van der Waals surface area (Å²) in [5.74, 6) is 0.379. The summed E-state index contributed by atoms with van der Waals surface area (Å²) < 4.78 is 5.57. The molecule has 31 heavy (non-hydrogen) atoms. The molecular weight excluding hydrogens is 430 g/mol. The van der Waals surface area contributed by atoms with Crippen LogP contribution in [0.15, 0.2) is 54.6 Å². The van der Waals surface area contributed by atoms with Crippen LogP contribution in [-0.4, -0.2) is 22.0 Å². The number of carbonyl (C=O) groups is 1. The SMILES string of the molecule is Cc1c(C(=O)OCc2ccccc2)sc2nc(Cl)nc(N3c4ccccc4CC3C)c12. The number of para-hydroxylation sites is 1. The van der Waals surface area contributed by atoms with Crippen molar-refractivity contribution in [2.24, 2.45) is 0 Å². The lowest BCUT2D eigenvalue weighted by molar-refractivity contribution is 0.0478. The third kappa shape index (κ3) is 3.56. The third-order valence-electron chi connectivity index (χ3n) is 5.58. The summed E-state index contributed by atoms with van der Waals surface area (Å²) in [5, 5.41) is 1.02. The fourth-order valence-electron chi connectivity index (χ4n) is 4.14. The number of carbonyl (C=O) groups excluding carboxylic acids is 1. The van der Waals surface area contributed by atoms with Gasteiger partial charge in [0.25, 0.3) is 0 Å². The van der Waals surface area contributed by atoms with E-state index in [1.54, 1.807) is 0 Å². The number of aromatic nitrogens is 2. The molecule has 0 saturated heterocycles. The van der Waals surface area contributed by atoms with Crippen molar-refractivity contribution in [1.82, 2.24) is 9.97 Å². The van der Waals surface area contributed by atoms with E-state index in [1.807, 2.05) is 49.4 Å². The highest BCUT2D eigenvalue weighted by Gasteiger charge is 2.31. The van der Waals surface area contributed by atoms with Gasteiger partial charge in [-0.25, -0.2) is 9.78 Å². The zero-order valence-electron chi connectivity index (χ0n) is 17.1. The van der Waals surface area contributed by atoms with Gasteiger partial charge in [-0.2, -0.15) is 4.98 Å². The van der Waals surface area contributed by atoms with Crippen molar-refractivity contribution < 1.29 is 9.53 Å². The fourth-order valence-corrected chi connectivity index (χ4v) is 5.42. The van der Waals surface area contributed by atoms with Crippen LogP contribution in [0.2, 0.25) is 5.28 Å². The average Bonchev–Trinajstić information content (AvgIpc) is 3.28. The molecule has 0 bridgehead atoms. The number of anilines is 2. The molecule has 0 amide bonds. The number of aryl methyl sites for hydroxylation is 1. The number of nitrogens with zero attached hydrogens (tertiary/aromatic N) is 3. The largest absolute Gasteiger partial charge is 0.457 e. The highest BCUT2D eigenvalue weighted by molar-refractivity contribution is 7.20. The van der Waals surface area contributed by atoms with Gasteiger partial charge in [0.1, 0.15) is 22.1 Å². The van der Waals surface area contributed by atoms with E-state index in [0.717, 1.165) is 34.4 Å². The Morgan fingerprint density at radius 1 is 1.16 bits per heavy atom. The predicted molar refractivity (Wildman–Crippen MR) is 124 cm³/mol. The second-order valence-electron chi connectivity index (χ2n) is 7.67. The molecule has 5 rings (SSSR count). The topological polar surface area (TPSA) is 55.3 Å². The van der Waals surface area contributed by atoms with E-state index in [9.17, 15) is 4.79 Å². The highest BCUT2D eigenvalue weighted by atomic mass is 35.5. The molecule has 0 N–H and O–H groups in total. The number of esters is 1. The van der Waals surface area contributed by atoms with Crippen LogP contribution in [0.3, 0.4) is 0 Å². The minimum atomic E-state index is -0.360. The first-order valence-corrected chi connectivity index (χ1v) is 11.3. The van der Waals surface area contributed by atoms with Crippen molar-refractivity contribution in [2.75, 3.05) is 4.90 Å². The summed E-state index contributed by atoms with van der Waals surface area (Å²) in [6.07, 6.45) is 0.925. The third-order valence-corrected chi connectivity index (χ3v) is 6.91. The van der Waals surface area contributed by atoms with E-state index >= 15 is 0 Å². The van der Waals surface area contributed by atoms with Crippen LogP contribution in [0.25, 0.3) is 10.2 Å². The van der Waals surface area contributed by atoms with E-state index < -0.39 is 0 Å². The minimum Gasteiger partial charge on any atom is -0.457 e. The average molecular weight is 450 g/mol. The summed E-state index contributed by atoms with van der Waals surface area (Å²) in [5.41, 5.74) is 4.15. The number of rotatable bonds is 4. The lowest BCUT2D eigenvalue weighted by Gasteiger charge is -2.24. The summed E-state index contributed by atoms with van der Waals surface area (Å²) in [7, 11) is 0. The first kappa shape index (κ1) is 20.0. The van der Waals surface area contributed by atoms with Crippen LogP contribution >= 0.6 is 22.9 Å². The number of halogens is 1. The van der Waals surface area contributed by atoms with Gasteiger partial charge < -0.3 is 9.64 Å². The maximum absolute atomic E-state index is 12.9. The van der Waals surface area contributed by atoms with E-state index in [2.05, 4.69) is 33.9 Å². The Labute approximate surface area is 189 Å². The van der Waals surface area contributed by atoms with Gasteiger partial charge in [-0.3, -0.25) is 0 Å². The Morgan fingerprint density at radius 3 is 2.71 bits per heavy atom. The molecule has 2 aromatic heterocycles. The highest BCUT2D eigenvalue weighted by Crippen LogP contribution is 2.43. The van der Waals surface area contributed by atoms with Gasteiger partial charge >= 0.3 is 5.97 Å². The van der Waals surface area contributed by atoms with Gasteiger partial charge in [-0.05, 0) is 54.6 Å². The Bertz CT molecular complexity index is 1290. The zero-order chi connectivity index (χ0) is 21.5. The number of hydrogen-bond acceptors (Lipinski definition) is 6. The molecule has 4 aromatic rings. The molecule has 0 aliphatic carbocycles. The normalized spacial score (nSPS) is 15.3. The van der Waals surface area contributed by atoms with Crippen LogP contribution in [-0.2, 0) is 17.8 Å². The maximum atomic E-state index is 12.9. The smallest absolute Gasteiger partial charge is 0.349 e. The van der Waals surface area contributed by atoms with Gasteiger partial charge in [0.15, 0.2) is 0 Å². The standard InChI is InChI=1S/C24H20ClN3O2S/c1-14-12-17-10-6-7-11-18(17)28(14)21-19-15(2)20(31-22(19)27-24(25)26-21)23(29)30-13-16-8-4-3-5-9-16/h3-11,14H,12-13H2,1-2H3. The van der Waals surface area contributed by atoms with Crippen LogP contribution in [0.5, 0.6) is 0 Å². The molecule has 0 radical (unpaired) electrons. The van der Waals surface area contributed by atoms with Gasteiger partial charge in [0.2, 0.25) is 5.28 Å². The molecule has 0 fully saturated rings. The number of ether oxygens (including phenoxy) is 1. The number of hydrogen-bond donors (Lipinski definition) is 0. The second kappa shape index (κ2) is 7.94. The molecule has 156 valence electrons. The second-order valence-corrected chi connectivity index (χ2v) is 9.00. The zero-order valence-corrected chi connectivity index (χ0v) is 18.7. The van der Waals surface area contributed by atoms with Gasteiger partial charge in [0.05, 0.1) is 5.39 Å². The van der Waals surface area contributed by atoms with Crippen molar-refractivity contribution in [3.63, 3.8) is 0 Å². The van der Waals surface area contributed by atoms with Crippen molar-refractivity contribution in [1.29, 1.82) is 0 Å². The molecule has 0 spiro atoms.